The van der Waals surface area contributed by atoms with Gasteiger partial charge >= 0.3 is 16.4 Å². The third-order valence-corrected chi connectivity index (χ3v) is 11.1. The summed E-state index contributed by atoms with van der Waals surface area (Å²) < 4.78 is 50.1. The van der Waals surface area contributed by atoms with Crippen molar-refractivity contribution in [2.24, 2.45) is 11.3 Å². The Morgan fingerprint density at radius 3 is 2.40 bits per heavy atom. The van der Waals surface area contributed by atoms with E-state index in [2.05, 4.69) is 22.2 Å². The van der Waals surface area contributed by atoms with Crippen molar-refractivity contribution in [1.82, 2.24) is 25.2 Å². The summed E-state index contributed by atoms with van der Waals surface area (Å²) in [5, 5.41) is 6.18. The molecule has 3 fully saturated rings. The molecular formula is C39H47N5O10S. The number of likely N-dealkylation sites (tertiary alicyclic amines) is 1. The Hall–Kier alpha value is -5.38. The van der Waals surface area contributed by atoms with Crippen molar-refractivity contribution in [3.63, 3.8) is 0 Å². The van der Waals surface area contributed by atoms with Crippen molar-refractivity contribution >= 4 is 45.0 Å². The molecule has 16 heteroatoms. The van der Waals surface area contributed by atoms with Crippen LogP contribution in [0.3, 0.4) is 0 Å². The van der Waals surface area contributed by atoms with Crippen molar-refractivity contribution < 1.29 is 46.0 Å². The van der Waals surface area contributed by atoms with Crippen molar-refractivity contribution in [2.75, 3.05) is 13.7 Å². The van der Waals surface area contributed by atoms with E-state index in [4.69, 9.17) is 18.4 Å². The summed E-state index contributed by atoms with van der Waals surface area (Å²) in [6.45, 7) is 9.08. The van der Waals surface area contributed by atoms with Crippen LogP contribution in [0.1, 0.15) is 59.3 Å². The van der Waals surface area contributed by atoms with Crippen LogP contribution in [0.5, 0.6) is 17.2 Å². The van der Waals surface area contributed by atoms with Crippen LogP contribution in [0, 0.1) is 11.3 Å². The van der Waals surface area contributed by atoms with E-state index < -0.39 is 69.2 Å². The number of carbonyl (C=O) groups is 4. The molecule has 294 valence electrons. The number of nitrogens with zero attached hydrogens (tertiary/aromatic N) is 2. The lowest BCUT2D eigenvalue weighted by atomic mass is 9.85. The Morgan fingerprint density at radius 1 is 1.02 bits per heavy atom. The number of carbonyl (C=O) groups excluding carboxylic acids is 4. The van der Waals surface area contributed by atoms with Gasteiger partial charge in [0.25, 0.3) is 5.91 Å². The van der Waals surface area contributed by atoms with Crippen LogP contribution >= 0.6 is 0 Å². The monoisotopic (exact) mass is 777 g/mol. The maximum absolute atomic E-state index is 14.6. The minimum atomic E-state index is -4.64. The first-order chi connectivity index (χ1) is 26.1. The van der Waals surface area contributed by atoms with Crippen molar-refractivity contribution in [3.05, 3.63) is 73.4 Å². The fraction of sp³-hybridized carbons (Fsp3) is 0.462. The highest BCUT2D eigenvalue weighted by molar-refractivity contribution is 7.85. The molecule has 2 aliphatic carbocycles. The fourth-order valence-electron chi connectivity index (χ4n) is 7.18. The van der Waals surface area contributed by atoms with Gasteiger partial charge in [0.2, 0.25) is 11.8 Å². The fourth-order valence-corrected chi connectivity index (χ4v) is 7.99. The molecule has 15 nitrogen and oxygen atoms in total. The third kappa shape index (κ3) is 8.96. The minimum Gasteiger partial charge on any atom is -0.497 e. The summed E-state index contributed by atoms with van der Waals surface area (Å²) in [6.07, 6.45) is 4.79. The highest BCUT2D eigenvalue weighted by Gasteiger charge is 2.61. The number of hydrogen-bond donors (Lipinski definition) is 3. The second-order valence-electron chi connectivity index (χ2n) is 15.2. The summed E-state index contributed by atoms with van der Waals surface area (Å²) in [6, 6.07) is 12.4. The van der Waals surface area contributed by atoms with Gasteiger partial charge in [-0.1, -0.05) is 45.0 Å². The van der Waals surface area contributed by atoms with E-state index in [9.17, 15) is 27.6 Å². The van der Waals surface area contributed by atoms with Gasteiger partial charge in [-0.2, -0.15) is 8.42 Å². The van der Waals surface area contributed by atoms with Crippen LogP contribution in [-0.4, -0.2) is 85.6 Å². The van der Waals surface area contributed by atoms with Crippen LogP contribution < -0.4 is 29.0 Å². The van der Waals surface area contributed by atoms with Gasteiger partial charge in [0.05, 0.1) is 19.2 Å². The zero-order valence-corrected chi connectivity index (χ0v) is 32.1. The van der Waals surface area contributed by atoms with Gasteiger partial charge in [-0.25, -0.2) is 9.52 Å². The van der Waals surface area contributed by atoms with E-state index in [1.54, 1.807) is 76.5 Å². The number of amides is 4. The number of fused-ring (bicyclic) bond motifs is 1. The van der Waals surface area contributed by atoms with Gasteiger partial charge in [-0.3, -0.25) is 19.4 Å². The molecule has 3 N–H and O–H groups in total. The number of alkyl carbamates (subject to hydrolysis) is 1. The van der Waals surface area contributed by atoms with Crippen molar-refractivity contribution in [1.29, 1.82) is 0 Å². The zero-order valence-electron chi connectivity index (χ0n) is 31.3. The molecule has 1 saturated heterocycles. The Morgan fingerprint density at radius 2 is 1.75 bits per heavy atom. The van der Waals surface area contributed by atoms with E-state index in [0.29, 0.717) is 22.4 Å². The summed E-state index contributed by atoms with van der Waals surface area (Å²) in [7, 11) is -3.09. The third-order valence-electron chi connectivity index (χ3n) is 10.2. The van der Waals surface area contributed by atoms with Gasteiger partial charge in [-0.05, 0) is 67.9 Å². The number of aromatic nitrogens is 1. The van der Waals surface area contributed by atoms with Crippen LogP contribution in [0.15, 0.2) is 73.4 Å². The normalized spacial score (nSPS) is 23.0. The SMILES string of the molecule is C=C[C@@H]1C[C@]1(NC(=O)[C@@H]1C[C@@H](Oc2ccnc3cc(OC)ccc23)CN1C(=O)[C@@H](NC(=O)OC1CCCC1)C(C)(C)C)C(=O)NS(=O)(=O)Oc1ccccc1. The van der Waals surface area contributed by atoms with Gasteiger partial charge in [0.15, 0.2) is 0 Å². The number of ether oxygens (including phenoxy) is 3. The predicted octanol–water partition coefficient (Wildman–Crippen LogP) is 4.18. The Labute approximate surface area is 320 Å². The number of para-hydroxylation sites is 1. The highest BCUT2D eigenvalue weighted by Crippen LogP contribution is 2.45. The number of methoxy groups -OCH3 is 1. The molecule has 0 unspecified atom stereocenters. The largest absolute Gasteiger partial charge is 0.497 e. The Kier molecular flexibility index (Phi) is 11.3. The smallest absolute Gasteiger partial charge is 0.409 e. The lowest BCUT2D eigenvalue weighted by Gasteiger charge is -2.35. The zero-order chi connectivity index (χ0) is 39.5. The molecule has 0 bridgehead atoms. The molecule has 0 radical (unpaired) electrons. The maximum atomic E-state index is 14.6. The Bertz CT molecular complexity index is 2050. The van der Waals surface area contributed by atoms with Crippen molar-refractivity contribution in [3.8, 4) is 17.2 Å². The molecule has 1 aliphatic heterocycles. The molecule has 55 heavy (non-hydrogen) atoms. The van der Waals surface area contributed by atoms with Gasteiger partial charge < -0.3 is 33.9 Å². The van der Waals surface area contributed by atoms with Gasteiger partial charge in [-0.15, -0.1) is 6.58 Å². The lowest BCUT2D eigenvalue weighted by molar-refractivity contribution is -0.143. The molecule has 1 aromatic heterocycles. The first-order valence-corrected chi connectivity index (χ1v) is 19.7. The van der Waals surface area contributed by atoms with Gasteiger partial charge in [0, 0.05) is 30.0 Å². The Balaban J connectivity index is 1.26. The van der Waals surface area contributed by atoms with Crippen molar-refractivity contribution in [2.45, 2.75) is 89.1 Å². The summed E-state index contributed by atoms with van der Waals surface area (Å²) in [5.41, 5.74) is -1.89. The van der Waals surface area contributed by atoms with Crippen LogP contribution in [0.4, 0.5) is 4.79 Å². The molecule has 2 aromatic carbocycles. The summed E-state index contributed by atoms with van der Waals surface area (Å²) in [4.78, 5) is 61.4. The predicted molar refractivity (Wildman–Crippen MR) is 201 cm³/mol. The molecule has 5 atom stereocenters. The first kappa shape index (κ1) is 39.3. The molecule has 0 spiro atoms. The van der Waals surface area contributed by atoms with Crippen LogP contribution in [0.2, 0.25) is 0 Å². The topological polar surface area (TPSA) is 192 Å². The van der Waals surface area contributed by atoms with E-state index in [0.717, 1.165) is 25.7 Å². The van der Waals surface area contributed by atoms with Crippen LogP contribution in [-0.2, 0) is 29.4 Å². The molecule has 3 aliphatic rings. The number of rotatable bonds is 13. The molecule has 2 heterocycles. The molecule has 4 amide bonds. The number of pyridine rings is 1. The van der Waals surface area contributed by atoms with E-state index in [1.807, 2.05) is 4.72 Å². The van der Waals surface area contributed by atoms with Crippen LogP contribution in [0.25, 0.3) is 10.9 Å². The lowest BCUT2D eigenvalue weighted by Crippen LogP contribution is -2.60. The van der Waals surface area contributed by atoms with E-state index >= 15 is 0 Å². The van der Waals surface area contributed by atoms with E-state index in [1.165, 1.54) is 23.1 Å². The average Bonchev–Trinajstić information content (AvgIpc) is 3.40. The second kappa shape index (κ2) is 15.8. The maximum Gasteiger partial charge on any atom is 0.409 e. The molecule has 6 rings (SSSR count). The summed E-state index contributed by atoms with van der Waals surface area (Å²) >= 11 is 0. The first-order valence-electron chi connectivity index (χ1n) is 18.3. The minimum absolute atomic E-state index is 0.00675. The van der Waals surface area contributed by atoms with Gasteiger partial charge in [0.1, 0.15) is 47.1 Å². The number of benzene rings is 2. The quantitative estimate of drug-likeness (QED) is 0.211. The number of hydrogen-bond acceptors (Lipinski definition) is 11. The van der Waals surface area contributed by atoms with E-state index in [-0.39, 0.29) is 31.2 Å². The standard InChI is InChI=1S/C39H47N5O10S/c1-6-24-22-39(24,36(47)43-55(49,50)54-26-14-8-7-9-15-26)42-34(45)31-21-28(52-32-18-19-40-30-20-27(51-5)16-17-29(30)32)23-44(31)35(46)33(38(2,3)4)41-37(48)53-25-12-10-11-13-25/h6-9,14-20,24-25,28,31,33H,1,10-13,21-23H2,2-5H3,(H,41,48)(H,42,45)(H,43,47)/t24-,28-,31+,33-,39-/m1/s1. The number of nitrogens with one attached hydrogen (secondary N) is 3. The second-order valence-corrected chi connectivity index (χ2v) is 16.5. The molecule has 2 saturated carbocycles. The molecular weight excluding hydrogens is 731 g/mol. The highest BCUT2D eigenvalue weighted by atomic mass is 32.2. The summed E-state index contributed by atoms with van der Waals surface area (Å²) in [5.74, 6) is -1.85. The average molecular weight is 778 g/mol. The molecule has 3 aromatic rings.